The number of aromatic hydroxyl groups is 1. The molecule has 3 heteroatoms. The lowest BCUT2D eigenvalue weighted by atomic mass is 10.0. The third-order valence-corrected chi connectivity index (χ3v) is 3.21. The minimum absolute atomic E-state index is 0.0413. The number of phenols is 1. The number of phenolic OH excluding ortho intramolecular Hbond substituents is 1. The molecule has 0 bridgehead atoms. The highest BCUT2D eigenvalue weighted by atomic mass is 19.1. The van der Waals surface area contributed by atoms with E-state index in [2.05, 4.69) is 31.3 Å². The maximum Gasteiger partial charge on any atom is 0.127 e. The first-order valence-corrected chi connectivity index (χ1v) is 6.33. The molecule has 0 aliphatic heterocycles. The third-order valence-electron chi connectivity index (χ3n) is 3.21. The van der Waals surface area contributed by atoms with Crippen molar-refractivity contribution in [2.24, 2.45) is 0 Å². The predicted octanol–water partition coefficient (Wildman–Crippen LogP) is 3.69. The summed E-state index contributed by atoms with van der Waals surface area (Å²) in [6.07, 6.45) is 0. The number of benzene rings is 2. The van der Waals surface area contributed by atoms with E-state index in [1.54, 1.807) is 6.07 Å². The van der Waals surface area contributed by atoms with Crippen molar-refractivity contribution in [2.45, 2.75) is 26.4 Å². The number of hydrogen-bond donors (Lipinski definition) is 2. The van der Waals surface area contributed by atoms with Gasteiger partial charge in [-0.3, -0.25) is 0 Å². The van der Waals surface area contributed by atoms with Gasteiger partial charge in [-0.1, -0.05) is 24.3 Å². The van der Waals surface area contributed by atoms with Crippen LogP contribution in [0.2, 0.25) is 0 Å². The molecule has 2 N–H and O–H groups in total. The van der Waals surface area contributed by atoms with Crippen molar-refractivity contribution in [3.05, 3.63) is 65.0 Å². The van der Waals surface area contributed by atoms with Crippen molar-refractivity contribution in [3.8, 4) is 5.75 Å². The average molecular weight is 259 g/mol. The largest absolute Gasteiger partial charge is 0.508 e. The SMILES string of the molecule is Cc1ccccc1[C@H](C)NCc1cc(O)cc(F)c1. The van der Waals surface area contributed by atoms with Crippen LogP contribution in [0.15, 0.2) is 42.5 Å². The summed E-state index contributed by atoms with van der Waals surface area (Å²) in [6, 6.07) is 12.4. The molecule has 2 rings (SSSR count). The number of nitrogens with one attached hydrogen (secondary N) is 1. The molecule has 0 fully saturated rings. The molecular formula is C16H18FNO. The van der Waals surface area contributed by atoms with Crippen molar-refractivity contribution in [2.75, 3.05) is 0 Å². The molecule has 0 spiro atoms. The van der Waals surface area contributed by atoms with Crippen LogP contribution in [0.1, 0.15) is 29.7 Å². The topological polar surface area (TPSA) is 32.3 Å². The zero-order valence-electron chi connectivity index (χ0n) is 11.2. The van der Waals surface area contributed by atoms with E-state index < -0.39 is 5.82 Å². The monoisotopic (exact) mass is 259 g/mol. The van der Waals surface area contributed by atoms with E-state index in [-0.39, 0.29) is 11.8 Å². The van der Waals surface area contributed by atoms with Crippen molar-refractivity contribution < 1.29 is 9.50 Å². The molecule has 0 amide bonds. The standard InChI is InChI=1S/C16H18FNO/c1-11-5-3-4-6-16(11)12(2)18-10-13-7-14(17)9-15(19)8-13/h3-9,12,18-19H,10H2,1-2H3/t12-/m0/s1. The third kappa shape index (κ3) is 3.55. The molecule has 19 heavy (non-hydrogen) atoms. The minimum Gasteiger partial charge on any atom is -0.508 e. The molecule has 2 aromatic rings. The van der Waals surface area contributed by atoms with Gasteiger partial charge in [0.15, 0.2) is 0 Å². The van der Waals surface area contributed by atoms with E-state index in [0.29, 0.717) is 6.54 Å². The molecule has 0 saturated carbocycles. The molecule has 100 valence electrons. The lowest BCUT2D eigenvalue weighted by Gasteiger charge is -2.16. The Hall–Kier alpha value is -1.87. The van der Waals surface area contributed by atoms with Gasteiger partial charge in [0.2, 0.25) is 0 Å². The second kappa shape index (κ2) is 5.85. The van der Waals surface area contributed by atoms with Crippen molar-refractivity contribution in [1.82, 2.24) is 5.32 Å². The van der Waals surface area contributed by atoms with Crippen LogP contribution in [0.4, 0.5) is 4.39 Å². The summed E-state index contributed by atoms with van der Waals surface area (Å²) >= 11 is 0. The van der Waals surface area contributed by atoms with Gasteiger partial charge >= 0.3 is 0 Å². The van der Waals surface area contributed by atoms with Crippen LogP contribution in [0.3, 0.4) is 0 Å². The Balaban J connectivity index is 2.04. The number of hydrogen-bond acceptors (Lipinski definition) is 2. The number of aryl methyl sites for hydroxylation is 1. The van der Waals surface area contributed by atoms with Gasteiger partial charge in [-0.25, -0.2) is 4.39 Å². The molecule has 0 heterocycles. The summed E-state index contributed by atoms with van der Waals surface area (Å²) in [5.74, 6) is -0.458. The first-order chi connectivity index (χ1) is 9.06. The second-order valence-electron chi connectivity index (χ2n) is 4.78. The zero-order valence-corrected chi connectivity index (χ0v) is 11.2. The van der Waals surface area contributed by atoms with Crippen molar-refractivity contribution >= 4 is 0 Å². The van der Waals surface area contributed by atoms with E-state index in [0.717, 1.165) is 11.6 Å². The van der Waals surface area contributed by atoms with Gasteiger partial charge in [-0.15, -0.1) is 0 Å². The van der Waals surface area contributed by atoms with Crippen LogP contribution in [-0.4, -0.2) is 5.11 Å². The molecular weight excluding hydrogens is 241 g/mol. The van der Waals surface area contributed by atoms with Crippen molar-refractivity contribution in [3.63, 3.8) is 0 Å². The molecule has 0 unspecified atom stereocenters. The lowest BCUT2D eigenvalue weighted by Crippen LogP contribution is -2.18. The first kappa shape index (κ1) is 13.6. The van der Waals surface area contributed by atoms with E-state index in [1.165, 1.54) is 17.2 Å². The Morgan fingerprint density at radius 3 is 2.63 bits per heavy atom. The smallest absolute Gasteiger partial charge is 0.127 e. The lowest BCUT2D eigenvalue weighted by molar-refractivity contribution is 0.466. The number of halogens is 1. The summed E-state index contributed by atoms with van der Waals surface area (Å²) in [5, 5.41) is 12.7. The molecule has 1 atom stereocenters. The van der Waals surface area contributed by atoms with Gasteiger partial charge in [0.25, 0.3) is 0 Å². The van der Waals surface area contributed by atoms with Crippen molar-refractivity contribution in [1.29, 1.82) is 0 Å². The minimum atomic E-state index is -0.416. The van der Waals surface area contributed by atoms with Crippen LogP contribution < -0.4 is 5.32 Å². The highest BCUT2D eigenvalue weighted by molar-refractivity contribution is 5.30. The number of rotatable bonds is 4. The van der Waals surface area contributed by atoms with E-state index in [9.17, 15) is 9.50 Å². The van der Waals surface area contributed by atoms with Crippen LogP contribution in [0.25, 0.3) is 0 Å². The van der Waals surface area contributed by atoms with Gasteiger partial charge in [0.05, 0.1) is 0 Å². The van der Waals surface area contributed by atoms with E-state index in [1.807, 2.05) is 12.1 Å². The Labute approximate surface area is 112 Å². The van der Waals surface area contributed by atoms with E-state index in [4.69, 9.17) is 0 Å². The van der Waals surface area contributed by atoms with Gasteiger partial charge in [0.1, 0.15) is 11.6 Å². The molecule has 0 aromatic heterocycles. The fraction of sp³-hybridized carbons (Fsp3) is 0.250. The van der Waals surface area contributed by atoms with Gasteiger partial charge in [-0.2, -0.15) is 0 Å². The molecule has 0 radical (unpaired) electrons. The summed E-state index contributed by atoms with van der Waals surface area (Å²) in [6.45, 7) is 4.66. The maximum absolute atomic E-state index is 13.2. The first-order valence-electron chi connectivity index (χ1n) is 6.33. The van der Waals surface area contributed by atoms with Crippen LogP contribution >= 0.6 is 0 Å². The van der Waals surface area contributed by atoms with Crippen LogP contribution in [0, 0.1) is 12.7 Å². The average Bonchev–Trinajstić information content (AvgIpc) is 2.35. The van der Waals surface area contributed by atoms with Crippen LogP contribution in [0.5, 0.6) is 5.75 Å². The Morgan fingerprint density at radius 2 is 1.95 bits per heavy atom. The van der Waals surface area contributed by atoms with Crippen LogP contribution in [-0.2, 0) is 6.54 Å². The Bertz CT molecular complexity index is 548. The quantitative estimate of drug-likeness (QED) is 0.877. The predicted molar refractivity (Wildman–Crippen MR) is 74.5 cm³/mol. The van der Waals surface area contributed by atoms with Gasteiger partial charge < -0.3 is 10.4 Å². The summed E-state index contributed by atoms with van der Waals surface area (Å²) < 4.78 is 13.2. The summed E-state index contributed by atoms with van der Waals surface area (Å²) in [5.41, 5.74) is 3.19. The molecule has 0 aliphatic carbocycles. The normalized spacial score (nSPS) is 12.4. The molecule has 0 saturated heterocycles. The van der Waals surface area contributed by atoms with Gasteiger partial charge in [0, 0.05) is 18.7 Å². The fourth-order valence-corrected chi connectivity index (χ4v) is 2.19. The molecule has 2 aromatic carbocycles. The molecule has 2 nitrogen and oxygen atoms in total. The Kier molecular flexibility index (Phi) is 4.17. The summed E-state index contributed by atoms with van der Waals surface area (Å²) in [4.78, 5) is 0. The highest BCUT2D eigenvalue weighted by Gasteiger charge is 2.07. The second-order valence-corrected chi connectivity index (χ2v) is 4.78. The fourth-order valence-electron chi connectivity index (χ4n) is 2.19. The Morgan fingerprint density at radius 1 is 1.21 bits per heavy atom. The molecule has 0 aliphatic rings. The van der Waals surface area contributed by atoms with Gasteiger partial charge in [-0.05, 0) is 42.7 Å². The zero-order chi connectivity index (χ0) is 13.8. The highest BCUT2D eigenvalue weighted by Crippen LogP contribution is 2.19. The maximum atomic E-state index is 13.2. The summed E-state index contributed by atoms with van der Waals surface area (Å²) in [7, 11) is 0. The van der Waals surface area contributed by atoms with E-state index >= 15 is 0 Å².